The first-order valence-electron chi connectivity index (χ1n) is 24.5. The van der Waals surface area contributed by atoms with Crippen LogP contribution in [0.2, 0.25) is 0 Å². The third-order valence-corrected chi connectivity index (χ3v) is 15.4. The Balaban J connectivity index is -0.000000422. The molecule has 0 aliphatic rings. The topological polar surface area (TPSA) is 291 Å². The van der Waals surface area contributed by atoms with Crippen LogP contribution < -0.4 is 0 Å². The van der Waals surface area contributed by atoms with Gasteiger partial charge >= 0.3 is 0 Å². The van der Waals surface area contributed by atoms with Crippen molar-refractivity contribution in [3.8, 4) is 0 Å². The average Bonchev–Trinajstić information content (AvgIpc) is 3.52. The Morgan fingerprint density at radius 1 is 0.296 bits per heavy atom. The van der Waals surface area contributed by atoms with E-state index in [0.29, 0.717) is 57.8 Å². The lowest BCUT2D eigenvalue weighted by Crippen LogP contribution is -2.33. The van der Waals surface area contributed by atoms with Crippen molar-refractivity contribution in [2.24, 2.45) is 0 Å². The molecule has 0 aromatic carbocycles. The first-order valence-corrected chi connectivity index (χ1v) is 32.3. The minimum Gasteiger partial charge on any atom is -0.394 e. The first-order chi connectivity index (χ1) is 40.0. The molecule has 488 valence electrons. The minimum absolute atomic E-state index is 0.0196. The van der Waals surface area contributed by atoms with Crippen LogP contribution in [0.3, 0.4) is 0 Å². The van der Waals surface area contributed by atoms with E-state index >= 15 is 0 Å². The third kappa shape index (κ3) is 88.7. The van der Waals surface area contributed by atoms with Crippen LogP contribution in [0, 0.1) is 0 Å². The molecule has 0 aliphatic heterocycles. The highest BCUT2D eigenvalue weighted by molar-refractivity contribution is 8.03. The molecule has 0 amide bonds. The van der Waals surface area contributed by atoms with E-state index < -0.39 is 22.7 Å². The monoisotopic (exact) mass is 1320 g/mol. The molecular weight excluding hydrogens is 1220 g/mol. The lowest BCUT2D eigenvalue weighted by molar-refractivity contribution is -0.133. The van der Waals surface area contributed by atoms with E-state index in [1.54, 1.807) is 47.0 Å². The van der Waals surface area contributed by atoms with Gasteiger partial charge in [-0.3, -0.25) is 0 Å². The van der Waals surface area contributed by atoms with Gasteiger partial charge in [-0.1, -0.05) is 0 Å². The maximum atomic E-state index is 9.10. The second-order valence-electron chi connectivity index (χ2n) is 12.6. The molecule has 0 aliphatic carbocycles. The Hall–Kier alpha value is -0.160. The van der Waals surface area contributed by atoms with Gasteiger partial charge in [-0.05, 0) is 0 Å². The van der Waals surface area contributed by atoms with Crippen LogP contribution in [0.25, 0.3) is 0 Å². The molecular formula is C51H104O22S8. The van der Waals surface area contributed by atoms with Crippen LogP contribution in [0.15, 0.2) is 105 Å². The highest BCUT2D eigenvalue weighted by Gasteiger charge is 2.21. The Kier molecular flexibility index (Phi) is 129. The second kappa shape index (κ2) is 105. The maximum absolute atomic E-state index is 9.10. The zero-order valence-electron chi connectivity index (χ0n) is 47.8. The molecule has 0 saturated carbocycles. The molecule has 81 heavy (non-hydrogen) atoms. The van der Waals surface area contributed by atoms with Gasteiger partial charge in [-0.15, -0.1) is 105 Å². The van der Waals surface area contributed by atoms with E-state index in [0.717, 1.165) is 71.2 Å². The van der Waals surface area contributed by atoms with Crippen molar-refractivity contribution in [1.82, 2.24) is 0 Å². The average molecular weight is 1330 g/mol. The lowest BCUT2D eigenvalue weighted by Gasteiger charge is -2.24. The van der Waals surface area contributed by atoms with E-state index in [1.165, 1.54) is 0 Å². The van der Waals surface area contributed by atoms with Gasteiger partial charge in [-0.25, -0.2) is 21.0 Å². The van der Waals surface area contributed by atoms with Gasteiger partial charge in [0.15, 0.2) is 0 Å². The predicted octanol–water partition coefficient (Wildman–Crippen LogP) is 9.19. The maximum Gasteiger partial charge on any atom is 0.146 e. The van der Waals surface area contributed by atoms with E-state index in [-0.39, 0.29) is 115 Å². The molecule has 0 saturated heterocycles. The summed E-state index contributed by atoms with van der Waals surface area (Å²) in [4.78, 5) is 0. The van der Waals surface area contributed by atoms with Crippen LogP contribution in [-0.4, -0.2) is 260 Å². The Morgan fingerprint density at radius 3 is 0.926 bits per heavy atom. The SMILES string of the molecule is C=C.C=C.C=C.C=C.C=C.C=C.C=C.C=C.OCCOCCSCC(COCC(COCOCC(COCC(CSOO)SOO)OCC(CSOO)SOO)OCC(CSCCOCCO)SCCOCCO)SCCOCCO. The first kappa shape index (κ1) is 99.8. The molecule has 0 aromatic heterocycles. The summed E-state index contributed by atoms with van der Waals surface area (Å²) in [5, 5.41) is 70.8. The molecule has 0 heterocycles. The van der Waals surface area contributed by atoms with Gasteiger partial charge < -0.3 is 67.8 Å². The molecule has 0 spiro atoms. The zero-order chi connectivity index (χ0) is 63.5. The number of ether oxygens (including phenoxy) is 10. The smallest absolute Gasteiger partial charge is 0.146 e. The number of hydrogen-bond donors (Lipinski definition) is 8. The molecule has 0 aromatic rings. The van der Waals surface area contributed by atoms with Gasteiger partial charge in [0.25, 0.3) is 0 Å². The quantitative estimate of drug-likeness (QED) is 0.00703. The summed E-state index contributed by atoms with van der Waals surface area (Å²) in [5.74, 6) is 4.91. The second-order valence-corrected chi connectivity index (χ2v) is 21.2. The Labute approximate surface area is 521 Å². The summed E-state index contributed by atoms with van der Waals surface area (Å²) in [5.41, 5.74) is 0. The van der Waals surface area contributed by atoms with Crippen LogP contribution >= 0.6 is 95.2 Å². The van der Waals surface area contributed by atoms with Crippen molar-refractivity contribution in [2.75, 3.05) is 185 Å². The zero-order valence-corrected chi connectivity index (χ0v) is 54.4. The largest absolute Gasteiger partial charge is 0.394 e. The Bertz CT molecular complexity index is 1040. The van der Waals surface area contributed by atoms with Crippen molar-refractivity contribution in [3.63, 3.8) is 0 Å². The van der Waals surface area contributed by atoms with E-state index in [4.69, 9.17) is 88.8 Å². The summed E-state index contributed by atoms with van der Waals surface area (Å²) in [6.45, 7) is 52.2. The summed E-state index contributed by atoms with van der Waals surface area (Å²) >= 11 is 9.78. The molecule has 8 N–H and O–H groups in total. The summed E-state index contributed by atoms with van der Waals surface area (Å²) in [6, 6.07) is 0. The fraction of sp³-hybridized carbons (Fsp3) is 0.686. The normalized spacial score (nSPS) is 12.2. The van der Waals surface area contributed by atoms with Gasteiger partial charge in [0.1, 0.15) is 19.0 Å². The van der Waals surface area contributed by atoms with Crippen molar-refractivity contribution in [3.05, 3.63) is 105 Å². The number of aliphatic hydroxyl groups is 4. The lowest BCUT2D eigenvalue weighted by atomic mass is 10.4. The van der Waals surface area contributed by atoms with Gasteiger partial charge in [0.2, 0.25) is 0 Å². The van der Waals surface area contributed by atoms with E-state index in [9.17, 15) is 0 Å². The van der Waals surface area contributed by atoms with Crippen molar-refractivity contribution < 1.29 is 106 Å². The van der Waals surface area contributed by atoms with Crippen LogP contribution in [0.4, 0.5) is 0 Å². The Morgan fingerprint density at radius 2 is 0.593 bits per heavy atom. The number of rotatable bonds is 56. The third-order valence-electron chi connectivity index (χ3n) is 7.45. The van der Waals surface area contributed by atoms with Gasteiger partial charge in [0.05, 0.1) is 143 Å². The van der Waals surface area contributed by atoms with Crippen LogP contribution in [-0.2, 0) is 64.7 Å². The summed E-state index contributed by atoms with van der Waals surface area (Å²) in [6.07, 6.45) is -1.13. The van der Waals surface area contributed by atoms with Crippen molar-refractivity contribution >= 4 is 95.2 Å². The molecule has 0 fully saturated rings. The van der Waals surface area contributed by atoms with Crippen molar-refractivity contribution in [2.45, 2.75) is 33.2 Å². The fourth-order valence-corrected chi connectivity index (χ4v) is 10.8. The molecule has 0 bridgehead atoms. The highest BCUT2D eigenvalue weighted by Crippen LogP contribution is 2.22. The molecule has 6 unspecified atom stereocenters. The summed E-state index contributed by atoms with van der Waals surface area (Å²) < 4.78 is 74.6. The number of aliphatic hydroxyl groups excluding tert-OH is 4. The van der Waals surface area contributed by atoms with Crippen LogP contribution in [0.1, 0.15) is 0 Å². The number of thioether (sulfide) groups is 4. The fourth-order valence-electron chi connectivity index (χ4n) is 4.56. The molecule has 0 radical (unpaired) electrons. The van der Waals surface area contributed by atoms with E-state index in [2.05, 4.69) is 123 Å². The van der Waals surface area contributed by atoms with E-state index in [1.807, 2.05) is 0 Å². The summed E-state index contributed by atoms with van der Waals surface area (Å²) in [7, 11) is 0. The molecule has 22 nitrogen and oxygen atoms in total. The minimum atomic E-state index is -0.647. The van der Waals surface area contributed by atoms with Gasteiger partial charge in [0, 0.05) is 105 Å². The number of hydrogen-bond acceptors (Lipinski definition) is 30. The van der Waals surface area contributed by atoms with Gasteiger partial charge in [-0.2, -0.15) is 64.4 Å². The van der Waals surface area contributed by atoms with Crippen LogP contribution in [0.5, 0.6) is 0 Å². The molecule has 0 rings (SSSR count). The highest BCUT2D eigenvalue weighted by atomic mass is 32.2. The predicted molar refractivity (Wildman–Crippen MR) is 349 cm³/mol. The standard InChI is InChI=1S/C35H72O22S8.8C2H4/c36-1-5-44-9-13-58-25-32(60-15-11-46-7-3-38)21-48-17-30(52-23-33(61-16-12-47-8-4-39)26-59-14-10-45-6-2-37)19-50-29-51-20-31(53-24-35(65-57-43)28-63-55-41)18-49-22-34(64-56-42)27-62-54-40;8*1-2/h30-43H,1-29H2;8*1-2H2. The molecule has 6 atom stereocenters. The van der Waals surface area contributed by atoms with Crippen molar-refractivity contribution in [1.29, 1.82) is 0 Å². The molecule has 30 heteroatoms.